The van der Waals surface area contributed by atoms with Crippen LogP contribution < -0.4 is 10.6 Å². The summed E-state index contributed by atoms with van der Waals surface area (Å²) in [6.45, 7) is 0.0418. The van der Waals surface area contributed by atoms with Gasteiger partial charge < -0.3 is 10.6 Å². The Morgan fingerprint density at radius 3 is 2.69 bits per heavy atom. The molecule has 2 heterocycles. The van der Waals surface area contributed by atoms with Crippen LogP contribution >= 0.6 is 0 Å². The number of pyridine rings is 1. The summed E-state index contributed by atoms with van der Waals surface area (Å²) in [5.74, 6) is 0.574. The van der Waals surface area contributed by atoms with E-state index < -0.39 is 0 Å². The van der Waals surface area contributed by atoms with E-state index in [4.69, 9.17) is 0 Å². The number of nitrogens with zero attached hydrogens (tertiary/aromatic N) is 3. The second-order valence-electron chi connectivity index (χ2n) is 7.72. The molecular formula is C22H26FN5O. The Balaban J connectivity index is 1.43. The highest BCUT2D eigenvalue weighted by atomic mass is 19.1. The fraction of sp³-hybridized carbons (Fsp3) is 0.409. The molecule has 3 aromatic rings. The number of aryl methyl sites for hydroxylation is 1. The smallest absolute Gasteiger partial charge is 0.228 e. The van der Waals surface area contributed by atoms with E-state index in [9.17, 15) is 9.18 Å². The summed E-state index contributed by atoms with van der Waals surface area (Å²) >= 11 is 0. The number of alkyl halides is 1. The molecule has 7 heteroatoms. The van der Waals surface area contributed by atoms with Gasteiger partial charge in [0.2, 0.25) is 5.91 Å². The van der Waals surface area contributed by atoms with Gasteiger partial charge in [0.25, 0.3) is 0 Å². The summed E-state index contributed by atoms with van der Waals surface area (Å²) in [5.41, 5.74) is 2.13. The van der Waals surface area contributed by atoms with Crippen LogP contribution in [0.4, 0.5) is 10.2 Å². The molecule has 0 aliphatic heterocycles. The van der Waals surface area contributed by atoms with Crippen LogP contribution in [-0.4, -0.2) is 39.9 Å². The minimum absolute atomic E-state index is 0.0161. The number of benzene rings is 1. The zero-order chi connectivity index (χ0) is 20.2. The molecule has 1 aliphatic carbocycles. The summed E-state index contributed by atoms with van der Waals surface area (Å²) < 4.78 is 14.1. The number of halogens is 1. The molecule has 152 valence electrons. The summed E-state index contributed by atoms with van der Waals surface area (Å²) in [7, 11) is 1.90. The molecule has 2 aromatic heterocycles. The zero-order valence-electron chi connectivity index (χ0n) is 16.6. The predicted molar refractivity (Wildman–Crippen MR) is 112 cm³/mol. The first-order chi connectivity index (χ1) is 14.1. The van der Waals surface area contributed by atoms with Crippen LogP contribution in [-0.2, 0) is 11.8 Å². The van der Waals surface area contributed by atoms with E-state index in [0.29, 0.717) is 18.4 Å². The van der Waals surface area contributed by atoms with Gasteiger partial charge in [0.05, 0.1) is 6.20 Å². The highest BCUT2D eigenvalue weighted by molar-refractivity contribution is 5.95. The first kappa shape index (κ1) is 19.5. The molecule has 2 N–H and O–H groups in total. The number of hydrogen-bond acceptors (Lipinski definition) is 4. The Morgan fingerprint density at radius 1 is 1.14 bits per heavy atom. The van der Waals surface area contributed by atoms with Crippen LogP contribution in [0.2, 0.25) is 0 Å². The maximum absolute atomic E-state index is 12.7. The Labute approximate surface area is 169 Å². The molecule has 0 unspecified atom stereocenters. The zero-order valence-corrected chi connectivity index (χ0v) is 16.6. The van der Waals surface area contributed by atoms with E-state index in [1.165, 1.54) is 0 Å². The molecule has 0 atom stereocenters. The number of fused-ring (bicyclic) bond motifs is 1. The maximum atomic E-state index is 12.7. The molecule has 29 heavy (non-hydrogen) atoms. The fourth-order valence-corrected chi connectivity index (χ4v) is 4.01. The van der Waals surface area contributed by atoms with Crippen molar-refractivity contribution < 1.29 is 9.18 Å². The van der Waals surface area contributed by atoms with Crippen LogP contribution in [0.15, 0.2) is 42.9 Å². The van der Waals surface area contributed by atoms with E-state index in [2.05, 4.69) is 32.8 Å². The van der Waals surface area contributed by atoms with E-state index in [1.807, 2.05) is 31.6 Å². The Hall–Kier alpha value is -2.80. The number of rotatable bonds is 6. The Bertz CT molecular complexity index is 994. The molecule has 0 radical (unpaired) electrons. The quantitative estimate of drug-likeness (QED) is 0.668. The number of amides is 1. The number of anilines is 1. The lowest BCUT2D eigenvalue weighted by Crippen LogP contribution is -2.37. The predicted octanol–water partition coefficient (Wildman–Crippen LogP) is 3.69. The normalized spacial score (nSPS) is 19.4. The molecule has 0 saturated heterocycles. The molecule has 1 saturated carbocycles. The first-order valence-corrected chi connectivity index (χ1v) is 10.1. The van der Waals surface area contributed by atoms with E-state index in [-0.39, 0.29) is 18.5 Å². The molecule has 4 rings (SSSR count). The fourth-order valence-electron chi connectivity index (χ4n) is 4.01. The van der Waals surface area contributed by atoms with Crippen LogP contribution in [0.5, 0.6) is 0 Å². The third-order valence-corrected chi connectivity index (χ3v) is 5.64. The average molecular weight is 395 g/mol. The van der Waals surface area contributed by atoms with Crippen molar-refractivity contribution in [3.63, 3.8) is 0 Å². The van der Waals surface area contributed by atoms with Crippen LogP contribution in [0.3, 0.4) is 0 Å². The van der Waals surface area contributed by atoms with Crippen molar-refractivity contribution in [3.05, 3.63) is 42.9 Å². The van der Waals surface area contributed by atoms with Gasteiger partial charge in [0, 0.05) is 48.9 Å². The van der Waals surface area contributed by atoms with Gasteiger partial charge in [-0.1, -0.05) is 12.1 Å². The Kier molecular flexibility index (Phi) is 5.85. The van der Waals surface area contributed by atoms with Crippen molar-refractivity contribution >= 4 is 22.5 Å². The molecule has 6 nitrogen and oxygen atoms in total. The second-order valence-corrected chi connectivity index (χ2v) is 7.72. The monoisotopic (exact) mass is 395 g/mol. The van der Waals surface area contributed by atoms with Crippen LogP contribution in [0, 0.1) is 5.92 Å². The van der Waals surface area contributed by atoms with Crippen molar-refractivity contribution in [1.29, 1.82) is 0 Å². The van der Waals surface area contributed by atoms with Gasteiger partial charge in [-0.25, -0.2) is 9.37 Å². The molecule has 1 aliphatic rings. The van der Waals surface area contributed by atoms with Crippen molar-refractivity contribution in [1.82, 2.24) is 20.1 Å². The van der Waals surface area contributed by atoms with Gasteiger partial charge in [0.15, 0.2) is 0 Å². The molecule has 1 aromatic carbocycles. The van der Waals surface area contributed by atoms with Crippen molar-refractivity contribution in [2.75, 3.05) is 18.5 Å². The highest BCUT2D eigenvalue weighted by Crippen LogP contribution is 2.27. The van der Waals surface area contributed by atoms with Gasteiger partial charge in [-0.05, 0) is 48.8 Å². The molecule has 0 bridgehead atoms. The van der Waals surface area contributed by atoms with Crippen molar-refractivity contribution in [2.24, 2.45) is 13.0 Å². The lowest BCUT2D eigenvalue weighted by molar-refractivity contribution is -0.120. The summed E-state index contributed by atoms with van der Waals surface area (Å²) in [6.07, 6.45) is 9.03. The van der Waals surface area contributed by atoms with E-state index in [1.54, 1.807) is 10.9 Å². The SMILES string of the molecule is Cn1cc(-c2ccc3cnc(NC(=O)C4CCC(NCCF)CC4)cc3c2)cn1. The molecule has 1 fully saturated rings. The third kappa shape index (κ3) is 4.62. The van der Waals surface area contributed by atoms with Gasteiger partial charge in [-0.2, -0.15) is 5.10 Å². The second kappa shape index (κ2) is 8.69. The third-order valence-electron chi connectivity index (χ3n) is 5.64. The summed E-state index contributed by atoms with van der Waals surface area (Å²) in [6, 6.07) is 8.41. The molecule has 1 amide bonds. The van der Waals surface area contributed by atoms with Gasteiger partial charge in [-0.15, -0.1) is 0 Å². The number of hydrogen-bond donors (Lipinski definition) is 2. The lowest BCUT2D eigenvalue weighted by atomic mass is 9.85. The Morgan fingerprint density at radius 2 is 1.97 bits per heavy atom. The van der Waals surface area contributed by atoms with Crippen molar-refractivity contribution in [3.8, 4) is 11.1 Å². The molecular weight excluding hydrogens is 369 g/mol. The van der Waals surface area contributed by atoms with Gasteiger partial charge in [-0.3, -0.25) is 9.48 Å². The molecule has 0 spiro atoms. The number of carbonyl (C=O) groups is 1. The van der Waals surface area contributed by atoms with Gasteiger partial charge >= 0.3 is 0 Å². The number of nitrogens with one attached hydrogen (secondary N) is 2. The van der Waals surface area contributed by atoms with Crippen LogP contribution in [0.1, 0.15) is 25.7 Å². The number of carbonyl (C=O) groups excluding carboxylic acids is 1. The first-order valence-electron chi connectivity index (χ1n) is 10.1. The maximum Gasteiger partial charge on any atom is 0.228 e. The largest absolute Gasteiger partial charge is 0.311 e. The van der Waals surface area contributed by atoms with Crippen molar-refractivity contribution in [2.45, 2.75) is 31.7 Å². The minimum Gasteiger partial charge on any atom is -0.311 e. The summed E-state index contributed by atoms with van der Waals surface area (Å²) in [5, 5.41) is 12.4. The average Bonchev–Trinajstić information content (AvgIpc) is 3.18. The summed E-state index contributed by atoms with van der Waals surface area (Å²) in [4.78, 5) is 17.1. The standard InChI is InChI=1S/C22H26FN5O/c1-28-14-19(13-26-28)16-2-3-17-12-25-21(11-18(17)10-16)27-22(29)15-4-6-20(7-5-15)24-9-8-23/h2-3,10-15,20,24H,4-9H2,1H3,(H,25,27,29). The topological polar surface area (TPSA) is 71.8 Å². The van der Waals surface area contributed by atoms with E-state index in [0.717, 1.165) is 47.6 Å². The van der Waals surface area contributed by atoms with Crippen LogP contribution in [0.25, 0.3) is 21.9 Å². The van der Waals surface area contributed by atoms with Gasteiger partial charge in [0.1, 0.15) is 12.5 Å². The highest BCUT2D eigenvalue weighted by Gasteiger charge is 2.26. The minimum atomic E-state index is -0.351. The van der Waals surface area contributed by atoms with E-state index >= 15 is 0 Å². The number of aromatic nitrogens is 3. The lowest BCUT2D eigenvalue weighted by Gasteiger charge is -2.28.